The van der Waals surface area contributed by atoms with E-state index in [0.29, 0.717) is 24.8 Å². The highest BCUT2D eigenvalue weighted by Gasteiger charge is 2.42. The van der Waals surface area contributed by atoms with Crippen LogP contribution in [0.15, 0.2) is 35.7 Å². The smallest absolute Gasteiger partial charge is 0.241 e. The van der Waals surface area contributed by atoms with E-state index in [4.69, 9.17) is 5.73 Å². The predicted molar refractivity (Wildman–Crippen MR) is 109 cm³/mol. The molecule has 1 unspecified atom stereocenters. The van der Waals surface area contributed by atoms with Crippen molar-refractivity contribution in [2.45, 2.75) is 24.3 Å². The highest BCUT2D eigenvalue weighted by molar-refractivity contribution is 7.13. The van der Waals surface area contributed by atoms with Gasteiger partial charge in [0.15, 0.2) is 5.13 Å². The zero-order valence-corrected chi connectivity index (χ0v) is 16.7. The van der Waals surface area contributed by atoms with Gasteiger partial charge >= 0.3 is 0 Å². The number of thiazole rings is 1. The second kappa shape index (κ2) is 7.52. The van der Waals surface area contributed by atoms with Gasteiger partial charge in [0, 0.05) is 37.5 Å². The predicted octanol–water partition coefficient (Wildman–Crippen LogP) is 1.06. The molecule has 0 radical (unpaired) electrons. The second-order valence-electron chi connectivity index (χ2n) is 7.55. The Morgan fingerprint density at radius 1 is 1.29 bits per heavy atom. The Morgan fingerprint density at radius 2 is 2.00 bits per heavy atom. The van der Waals surface area contributed by atoms with Gasteiger partial charge in [0.2, 0.25) is 11.8 Å². The second-order valence-corrected chi connectivity index (χ2v) is 8.44. The molecule has 4 rings (SSSR count). The van der Waals surface area contributed by atoms with E-state index in [0.717, 1.165) is 18.5 Å². The first kappa shape index (κ1) is 18.9. The van der Waals surface area contributed by atoms with Crippen LogP contribution in [-0.2, 0) is 15.0 Å². The Labute approximate surface area is 168 Å². The van der Waals surface area contributed by atoms with E-state index in [1.807, 2.05) is 28.5 Å². The molecule has 2 saturated heterocycles. The highest BCUT2D eigenvalue weighted by atomic mass is 32.1. The summed E-state index contributed by atoms with van der Waals surface area (Å²) in [6.07, 6.45) is 1.60. The first-order valence-electron chi connectivity index (χ1n) is 9.53. The molecule has 2 aromatic rings. The Balaban J connectivity index is 1.53. The number of benzene rings is 1. The van der Waals surface area contributed by atoms with Gasteiger partial charge in [0.05, 0.1) is 12.2 Å². The van der Waals surface area contributed by atoms with Crippen LogP contribution in [0.5, 0.6) is 0 Å². The molecule has 2 fully saturated rings. The number of nitrogens with two attached hydrogens (primary N) is 1. The molecule has 0 bridgehead atoms. The third-order valence-corrected chi connectivity index (χ3v) is 6.62. The average Bonchev–Trinajstić information content (AvgIpc) is 3.17. The molecule has 2 aliphatic heterocycles. The summed E-state index contributed by atoms with van der Waals surface area (Å²) in [6.45, 7) is 1.94. The van der Waals surface area contributed by atoms with E-state index in [1.165, 1.54) is 16.9 Å². The van der Waals surface area contributed by atoms with Gasteiger partial charge in [-0.1, -0.05) is 30.3 Å². The normalized spacial score (nSPS) is 22.3. The van der Waals surface area contributed by atoms with Crippen LogP contribution in [0.2, 0.25) is 0 Å². The van der Waals surface area contributed by atoms with Crippen LogP contribution >= 0.6 is 11.3 Å². The number of rotatable bonds is 3. The van der Waals surface area contributed by atoms with Crippen LogP contribution in [0.3, 0.4) is 0 Å². The van der Waals surface area contributed by atoms with Crippen molar-refractivity contribution in [2.75, 3.05) is 39.0 Å². The molecule has 8 heteroatoms. The summed E-state index contributed by atoms with van der Waals surface area (Å²) >= 11 is 1.46. The zero-order valence-electron chi connectivity index (χ0n) is 15.9. The van der Waals surface area contributed by atoms with Crippen LogP contribution in [0.25, 0.3) is 0 Å². The van der Waals surface area contributed by atoms with E-state index >= 15 is 0 Å². The van der Waals surface area contributed by atoms with Gasteiger partial charge in [-0.3, -0.25) is 14.9 Å². The summed E-state index contributed by atoms with van der Waals surface area (Å²) in [6, 6.07) is 10.0. The fourth-order valence-electron chi connectivity index (χ4n) is 4.24. The maximum absolute atomic E-state index is 13.0. The van der Waals surface area contributed by atoms with Crippen LogP contribution in [0, 0.1) is 0 Å². The lowest BCUT2D eigenvalue weighted by Gasteiger charge is -2.43. The van der Waals surface area contributed by atoms with E-state index < -0.39 is 0 Å². The summed E-state index contributed by atoms with van der Waals surface area (Å²) in [5.74, 6) is 0.0886. The molecule has 0 spiro atoms. The lowest BCUT2D eigenvalue weighted by atomic mass is 9.70. The van der Waals surface area contributed by atoms with Crippen LogP contribution < -0.4 is 11.1 Å². The van der Waals surface area contributed by atoms with E-state index in [9.17, 15) is 9.59 Å². The molecule has 0 saturated carbocycles. The number of piperidine rings is 1. The van der Waals surface area contributed by atoms with Crippen molar-refractivity contribution < 1.29 is 9.59 Å². The molecule has 3 N–H and O–H groups in total. The number of likely N-dealkylation sites (tertiary alicyclic amines) is 1. The molecule has 3 heterocycles. The molecule has 2 amide bonds. The fraction of sp³-hybridized carbons (Fsp3) is 0.450. The Kier molecular flexibility index (Phi) is 5.07. The maximum Gasteiger partial charge on any atom is 0.241 e. The minimum atomic E-state index is -0.332. The topological polar surface area (TPSA) is 91.6 Å². The Bertz CT molecular complexity index is 860. The van der Waals surface area contributed by atoms with Gasteiger partial charge in [-0.05, 0) is 18.4 Å². The van der Waals surface area contributed by atoms with Gasteiger partial charge in [-0.15, -0.1) is 11.3 Å². The van der Waals surface area contributed by atoms with E-state index in [-0.39, 0.29) is 29.8 Å². The molecular formula is C20H25N5O2S. The molecule has 2 aliphatic rings. The molecule has 28 heavy (non-hydrogen) atoms. The van der Waals surface area contributed by atoms with Crippen LogP contribution in [0.4, 0.5) is 5.13 Å². The van der Waals surface area contributed by atoms with Crippen molar-refractivity contribution in [1.29, 1.82) is 0 Å². The monoisotopic (exact) mass is 399 g/mol. The number of nitrogen functional groups attached to an aromatic ring is 1. The first-order valence-corrected chi connectivity index (χ1v) is 10.4. The number of piperazine rings is 1. The van der Waals surface area contributed by atoms with E-state index in [2.05, 4.69) is 22.4 Å². The number of nitrogens with one attached hydrogen (secondary N) is 1. The summed E-state index contributed by atoms with van der Waals surface area (Å²) in [4.78, 5) is 32.8. The van der Waals surface area contributed by atoms with Gasteiger partial charge in [0.25, 0.3) is 0 Å². The minimum absolute atomic E-state index is 0.0203. The number of hydrogen-bond donors (Lipinski definition) is 2. The van der Waals surface area contributed by atoms with Crippen LogP contribution in [0.1, 0.15) is 24.1 Å². The first-order chi connectivity index (χ1) is 13.5. The number of amides is 2. The third-order valence-electron chi connectivity index (χ3n) is 5.95. The summed E-state index contributed by atoms with van der Waals surface area (Å²) in [5, 5.41) is 5.69. The molecule has 7 nitrogen and oxygen atoms in total. The quantitative estimate of drug-likeness (QED) is 0.805. The minimum Gasteiger partial charge on any atom is -0.375 e. The SMILES string of the molecule is CN1CC(C(=O)N2CCC(c3ccccc3)(c3csc(N)n3)CC2)NCC1=O. The number of aromatic nitrogens is 1. The maximum atomic E-state index is 13.0. The van der Waals surface area contributed by atoms with Crippen molar-refractivity contribution in [3.05, 3.63) is 47.0 Å². The van der Waals surface area contributed by atoms with Gasteiger partial charge in [-0.2, -0.15) is 0 Å². The molecule has 1 atom stereocenters. The molecular weight excluding hydrogens is 374 g/mol. The number of anilines is 1. The van der Waals surface area contributed by atoms with E-state index in [1.54, 1.807) is 11.9 Å². The van der Waals surface area contributed by atoms with Gasteiger partial charge in [0.1, 0.15) is 6.04 Å². The lowest BCUT2D eigenvalue weighted by molar-refractivity contribution is -0.140. The lowest BCUT2D eigenvalue weighted by Crippen LogP contribution is -2.60. The van der Waals surface area contributed by atoms with Gasteiger partial charge in [-0.25, -0.2) is 4.98 Å². The Hall–Kier alpha value is -2.45. The summed E-state index contributed by atoms with van der Waals surface area (Å²) < 4.78 is 0. The van der Waals surface area contributed by atoms with Crippen molar-refractivity contribution in [3.63, 3.8) is 0 Å². The number of hydrogen-bond acceptors (Lipinski definition) is 6. The molecule has 148 valence electrons. The largest absolute Gasteiger partial charge is 0.375 e. The van der Waals surface area contributed by atoms with Crippen molar-refractivity contribution in [1.82, 2.24) is 20.1 Å². The van der Waals surface area contributed by atoms with Crippen LogP contribution in [-0.4, -0.2) is 65.9 Å². The number of carbonyl (C=O) groups is 2. The molecule has 1 aromatic carbocycles. The van der Waals surface area contributed by atoms with Crippen molar-refractivity contribution in [2.24, 2.45) is 0 Å². The summed E-state index contributed by atoms with van der Waals surface area (Å²) in [5.41, 5.74) is 7.91. The highest BCUT2D eigenvalue weighted by Crippen LogP contribution is 2.42. The number of likely N-dealkylation sites (N-methyl/N-ethyl adjacent to an activating group) is 1. The molecule has 0 aliphatic carbocycles. The average molecular weight is 400 g/mol. The summed E-state index contributed by atoms with van der Waals surface area (Å²) in [7, 11) is 1.74. The number of nitrogens with zero attached hydrogens (tertiary/aromatic N) is 3. The Morgan fingerprint density at radius 3 is 2.61 bits per heavy atom. The standard InChI is InChI=1S/C20H25N5O2S/c1-24-12-15(22-11-17(24)26)18(27)25-9-7-20(8-10-25,14-5-3-2-4-6-14)16-13-28-19(21)23-16/h2-6,13,15,22H,7-12H2,1H3,(H2,21,23). The van der Waals surface area contributed by atoms with Crippen molar-refractivity contribution in [3.8, 4) is 0 Å². The fourth-order valence-corrected chi connectivity index (χ4v) is 4.90. The van der Waals surface area contributed by atoms with Crippen molar-refractivity contribution >= 4 is 28.3 Å². The third kappa shape index (κ3) is 3.38. The molecule has 1 aromatic heterocycles. The zero-order chi connectivity index (χ0) is 19.7. The van der Waals surface area contributed by atoms with Gasteiger partial charge < -0.3 is 15.5 Å². The number of carbonyl (C=O) groups excluding carboxylic acids is 2.